The molecule has 0 saturated carbocycles. The van der Waals surface area contributed by atoms with Crippen LogP contribution in [0.3, 0.4) is 0 Å². The third-order valence-corrected chi connectivity index (χ3v) is 6.76. The standard InChI is InChI=1S/C23H24N6/c1-16-21(26-15-25-16)13-28-8-6-23(14-28)7-9-29-22(23)11-20(27-29)18-10-17-4-2-3-5-19(17)24-12-18/h2-5,10-12,15H,6-9,13-14H2,1H3,(H,25,26). The zero-order valence-corrected chi connectivity index (χ0v) is 16.6. The summed E-state index contributed by atoms with van der Waals surface area (Å²) in [7, 11) is 0. The lowest BCUT2D eigenvalue weighted by atomic mass is 9.82. The Labute approximate surface area is 169 Å². The Kier molecular flexibility index (Phi) is 3.65. The van der Waals surface area contributed by atoms with Gasteiger partial charge in [-0.2, -0.15) is 5.10 Å². The van der Waals surface area contributed by atoms with Crippen LogP contribution in [0.5, 0.6) is 0 Å². The Bertz CT molecular complexity index is 1210. The van der Waals surface area contributed by atoms with Crippen molar-refractivity contribution in [1.82, 2.24) is 29.6 Å². The van der Waals surface area contributed by atoms with Gasteiger partial charge in [0.05, 0.1) is 28.9 Å². The fourth-order valence-corrected chi connectivity index (χ4v) is 5.09. The molecule has 6 nitrogen and oxygen atoms in total. The average Bonchev–Trinajstić information content (AvgIpc) is 3.50. The first kappa shape index (κ1) is 16.9. The molecular weight excluding hydrogens is 360 g/mol. The Morgan fingerprint density at radius 2 is 2.00 bits per heavy atom. The van der Waals surface area contributed by atoms with Crippen molar-refractivity contribution < 1.29 is 0 Å². The van der Waals surface area contributed by atoms with Crippen LogP contribution in [0.1, 0.15) is 29.9 Å². The van der Waals surface area contributed by atoms with Gasteiger partial charge in [0, 0.05) is 47.9 Å². The summed E-state index contributed by atoms with van der Waals surface area (Å²) in [5, 5.41) is 6.11. The van der Waals surface area contributed by atoms with Crippen LogP contribution >= 0.6 is 0 Å². The van der Waals surface area contributed by atoms with Gasteiger partial charge in [-0.3, -0.25) is 14.6 Å². The maximum Gasteiger partial charge on any atom is 0.0941 e. The molecule has 0 bridgehead atoms. The number of benzene rings is 1. The van der Waals surface area contributed by atoms with Gasteiger partial charge < -0.3 is 4.98 Å². The highest BCUT2D eigenvalue weighted by Gasteiger charge is 2.45. The molecule has 6 rings (SSSR count). The molecule has 2 aliphatic heterocycles. The summed E-state index contributed by atoms with van der Waals surface area (Å²) >= 11 is 0. The molecule has 1 saturated heterocycles. The van der Waals surface area contributed by atoms with E-state index in [0.717, 1.165) is 54.0 Å². The second kappa shape index (κ2) is 6.26. The van der Waals surface area contributed by atoms with Crippen LogP contribution in [-0.2, 0) is 18.5 Å². The van der Waals surface area contributed by atoms with Crippen molar-refractivity contribution in [2.24, 2.45) is 0 Å². The fraction of sp³-hybridized carbons (Fsp3) is 0.348. The first-order valence-electron chi connectivity index (χ1n) is 10.3. The summed E-state index contributed by atoms with van der Waals surface area (Å²) in [6.45, 7) is 6.24. The van der Waals surface area contributed by atoms with Crippen LogP contribution in [-0.4, -0.2) is 42.7 Å². The Morgan fingerprint density at radius 1 is 1.10 bits per heavy atom. The molecule has 1 unspecified atom stereocenters. The average molecular weight is 384 g/mol. The van der Waals surface area contributed by atoms with Crippen LogP contribution in [0.15, 0.2) is 48.9 Å². The van der Waals surface area contributed by atoms with Gasteiger partial charge in [0.25, 0.3) is 0 Å². The Balaban J connectivity index is 1.29. The molecule has 146 valence electrons. The number of aromatic nitrogens is 5. The van der Waals surface area contributed by atoms with E-state index < -0.39 is 0 Å². The zero-order valence-electron chi connectivity index (χ0n) is 16.6. The summed E-state index contributed by atoms with van der Waals surface area (Å²) in [5.41, 5.74) is 7.13. The fourth-order valence-electron chi connectivity index (χ4n) is 5.09. The summed E-state index contributed by atoms with van der Waals surface area (Å²) in [6, 6.07) is 12.8. The Hall–Kier alpha value is -2.99. The van der Waals surface area contributed by atoms with E-state index in [1.54, 1.807) is 6.33 Å². The smallest absolute Gasteiger partial charge is 0.0941 e. The first-order valence-corrected chi connectivity index (χ1v) is 10.3. The number of fused-ring (bicyclic) bond motifs is 3. The predicted molar refractivity (Wildman–Crippen MR) is 112 cm³/mol. The van der Waals surface area contributed by atoms with E-state index in [2.05, 4.69) is 61.8 Å². The summed E-state index contributed by atoms with van der Waals surface area (Å²) in [6.07, 6.45) is 6.13. The molecule has 2 aliphatic rings. The lowest BCUT2D eigenvalue weighted by Crippen LogP contribution is -2.29. The highest BCUT2D eigenvalue weighted by Crippen LogP contribution is 2.44. The van der Waals surface area contributed by atoms with Gasteiger partial charge in [-0.15, -0.1) is 0 Å². The second-order valence-corrected chi connectivity index (χ2v) is 8.51. The molecule has 0 aliphatic carbocycles. The van der Waals surface area contributed by atoms with Gasteiger partial charge in [0.2, 0.25) is 0 Å². The van der Waals surface area contributed by atoms with E-state index in [9.17, 15) is 0 Å². The van der Waals surface area contributed by atoms with Crippen molar-refractivity contribution >= 4 is 10.9 Å². The third kappa shape index (κ3) is 2.70. The maximum absolute atomic E-state index is 4.94. The van der Waals surface area contributed by atoms with Crippen LogP contribution in [0.25, 0.3) is 22.2 Å². The molecule has 29 heavy (non-hydrogen) atoms. The van der Waals surface area contributed by atoms with Gasteiger partial charge in [-0.05, 0) is 44.5 Å². The summed E-state index contributed by atoms with van der Waals surface area (Å²) in [5.74, 6) is 0. The van der Waals surface area contributed by atoms with Crippen molar-refractivity contribution in [3.8, 4) is 11.3 Å². The molecule has 3 aromatic heterocycles. The number of rotatable bonds is 3. The molecule has 1 fully saturated rings. The van der Waals surface area contributed by atoms with E-state index in [1.165, 1.54) is 24.2 Å². The van der Waals surface area contributed by atoms with Crippen LogP contribution in [0.4, 0.5) is 0 Å². The van der Waals surface area contributed by atoms with Crippen LogP contribution in [0.2, 0.25) is 0 Å². The van der Waals surface area contributed by atoms with Crippen LogP contribution < -0.4 is 0 Å². The molecule has 4 aromatic rings. The minimum atomic E-state index is 0.226. The number of para-hydroxylation sites is 1. The topological polar surface area (TPSA) is 62.6 Å². The number of nitrogens with one attached hydrogen (secondary N) is 1. The molecule has 5 heterocycles. The molecule has 0 radical (unpaired) electrons. The SMILES string of the molecule is Cc1nc[nH]c1CN1CCC2(CCn3nc(-c4cnc5ccccc5c4)cc32)C1. The molecule has 6 heteroatoms. The molecule has 0 amide bonds. The normalized spacial score (nSPS) is 21.4. The van der Waals surface area contributed by atoms with Gasteiger partial charge >= 0.3 is 0 Å². The van der Waals surface area contributed by atoms with Gasteiger partial charge in [0.15, 0.2) is 0 Å². The van der Waals surface area contributed by atoms with Crippen molar-refractivity contribution in [3.63, 3.8) is 0 Å². The molecule has 1 atom stereocenters. The Morgan fingerprint density at radius 3 is 2.90 bits per heavy atom. The largest absolute Gasteiger partial charge is 0.347 e. The van der Waals surface area contributed by atoms with Crippen molar-refractivity contribution in [1.29, 1.82) is 0 Å². The number of aromatic amines is 1. The summed E-state index contributed by atoms with van der Waals surface area (Å²) < 4.78 is 2.23. The number of hydrogen-bond acceptors (Lipinski definition) is 4. The first-order chi connectivity index (χ1) is 14.2. The number of H-pyrrole nitrogens is 1. The van der Waals surface area contributed by atoms with Gasteiger partial charge in [0.1, 0.15) is 0 Å². The van der Waals surface area contributed by atoms with Crippen molar-refractivity contribution in [2.75, 3.05) is 13.1 Å². The van der Waals surface area contributed by atoms with Crippen molar-refractivity contribution in [3.05, 3.63) is 66.0 Å². The van der Waals surface area contributed by atoms with E-state index in [1.807, 2.05) is 12.3 Å². The van der Waals surface area contributed by atoms with E-state index in [0.29, 0.717) is 0 Å². The predicted octanol–water partition coefficient (Wildman–Crippen LogP) is 3.68. The molecule has 1 N–H and O–H groups in total. The molecule has 1 aromatic carbocycles. The number of hydrogen-bond donors (Lipinski definition) is 1. The quantitative estimate of drug-likeness (QED) is 0.585. The lowest BCUT2D eigenvalue weighted by Gasteiger charge is -2.23. The number of likely N-dealkylation sites (tertiary alicyclic amines) is 1. The van der Waals surface area contributed by atoms with Gasteiger partial charge in [-0.25, -0.2) is 4.98 Å². The van der Waals surface area contributed by atoms with E-state index >= 15 is 0 Å². The molecule has 1 spiro atoms. The van der Waals surface area contributed by atoms with E-state index in [4.69, 9.17) is 5.10 Å². The third-order valence-electron chi connectivity index (χ3n) is 6.76. The van der Waals surface area contributed by atoms with Gasteiger partial charge in [-0.1, -0.05) is 18.2 Å². The van der Waals surface area contributed by atoms with Crippen LogP contribution in [0, 0.1) is 6.92 Å². The lowest BCUT2D eigenvalue weighted by molar-refractivity contribution is 0.298. The highest BCUT2D eigenvalue weighted by molar-refractivity contribution is 5.82. The number of pyridine rings is 1. The van der Waals surface area contributed by atoms with E-state index in [-0.39, 0.29) is 5.41 Å². The summed E-state index contributed by atoms with van der Waals surface area (Å²) in [4.78, 5) is 14.8. The minimum absolute atomic E-state index is 0.226. The van der Waals surface area contributed by atoms with Crippen molar-refractivity contribution in [2.45, 2.75) is 38.3 Å². The second-order valence-electron chi connectivity index (χ2n) is 8.51. The minimum Gasteiger partial charge on any atom is -0.347 e. The maximum atomic E-state index is 4.94. The number of nitrogens with zero attached hydrogens (tertiary/aromatic N) is 5. The highest BCUT2D eigenvalue weighted by atomic mass is 15.3. The number of imidazole rings is 1. The monoisotopic (exact) mass is 384 g/mol. The molecular formula is C23H24N6. The number of aryl methyl sites for hydroxylation is 2. The zero-order chi connectivity index (χ0) is 19.4.